The van der Waals surface area contributed by atoms with Crippen LogP contribution in [0.5, 0.6) is 5.75 Å². The summed E-state index contributed by atoms with van der Waals surface area (Å²) in [5.41, 5.74) is -0.552. The fraction of sp³-hybridized carbons (Fsp3) is 0.316. The van der Waals surface area contributed by atoms with Gasteiger partial charge in [0.2, 0.25) is 0 Å². The van der Waals surface area contributed by atoms with Crippen molar-refractivity contribution in [2.45, 2.75) is 25.5 Å². The topological polar surface area (TPSA) is 95.9 Å². The molecule has 8 heteroatoms. The highest BCUT2D eigenvalue weighted by Gasteiger charge is 2.49. The summed E-state index contributed by atoms with van der Waals surface area (Å²) >= 11 is 1.38. The van der Waals surface area contributed by atoms with Crippen LogP contribution in [0.4, 0.5) is 4.79 Å². The SMILES string of the molecule is CC(=O)c1ccc(OC[C@@H](O)CN2C(=O)N[C@@](C)(c3cccs3)C2=O)cc1. The Morgan fingerprint density at radius 1 is 1.30 bits per heavy atom. The summed E-state index contributed by atoms with van der Waals surface area (Å²) in [4.78, 5) is 37.9. The number of amides is 3. The van der Waals surface area contributed by atoms with Crippen molar-refractivity contribution in [3.05, 3.63) is 52.2 Å². The highest BCUT2D eigenvalue weighted by molar-refractivity contribution is 7.10. The van der Waals surface area contributed by atoms with E-state index in [1.165, 1.54) is 18.3 Å². The van der Waals surface area contributed by atoms with Gasteiger partial charge in [0.25, 0.3) is 5.91 Å². The Bertz CT molecular complexity index is 849. The van der Waals surface area contributed by atoms with Crippen molar-refractivity contribution in [1.29, 1.82) is 0 Å². The van der Waals surface area contributed by atoms with Gasteiger partial charge in [-0.1, -0.05) is 6.07 Å². The first kappa shape index (κ1) is 19.1. The van der Waals surface area contributed by atoms with Crippen LogP contribution in [-0.4, -0.2) is 47.0 Å². The molecular weight excluding hydrogens is 368 g/mol. The van der Waals surface area contributed by atoms with Gasteiger partial charge >= 0.3 is 6.03 Å². The molecule has 2 atom stereocenters. The van der Waals surface area contributed by atoms with Gasteiger partial charge in [0.05, 0.1) is 6.54 Å². The number of aliphatic hydroxyl groups is 1. The molecule has 2 N–H and O–H groups in total. The molecule has 1 aromatic carbocycles. The van der Waals surface area contributed by atoms with Crippen molar-refractivity contribution in [2.24, 2.45) is 0 Å². The van der Waals surface area contributed by atoms with E-state index in [0.717, 1.165) is 9.78 Å². The second-order valence-electron chi connectivity index (χ2n) is 6.49. The molecule has 2 aromatic rings. The predicted molar refractivity (Wildman–Crippen MR) is 99.9 cm³/mol. The average molecular weight is 388 g/mol. The summed E-state index contributed by atoms with van der Waals surface area (Å²) in [5.74, 6) is 0.0356. The minimum atomic E-state index is -1.12. The van der Waals surface area contributed by atoms with Gasteiger partial charge in [0.1, 0.15) is 18.5 Å². The van der Waals surface area contributed by atoms with E-state index in [0.29, 0.717) is 11.3 Å². The lowest BCUT2D eigenvalue weighted by molar-refractivity contribution is -0.132. The van der Waals surface area contributed by atoms with Gasteiger partial charge in [-0.2, -0.15) is 0 Å². The lowest BCUT2D eigenvalue weighted by Crippen LogP contribution is -2.42. The number of nitrogens with one attached hydrogen (secondary N) is 1. The Balaban J connectivity index is 1.59. The Hall–Kier alpha value is -2.71. The van der Waals surface area contributed by atoms with Crippen LogP contribution in [0.2, 0.25) is 0 Å². The van der Waals surface area contributed by atoms with Gasteiger partial charge in [0, 0.05) is 10.4 Å². The molecule has 0 aliphatic carbocycles. The highest BCUT2D eigenvalue weighted by atomic mass is 32.1. The zero-order valence-electron chi connectivity index (χ0n) is 15.0. The molecule has 1 aliphatic rings. The third kappa shape index (κ3) is 3.86. The molecule has 1 fully saturated rings. The van der Waals surface area contributed by atoms with Crippen LogP contribution in [0.1, 0.15) is 29.1 Å². The number of urea groups is 1. The molecule has 0 spiro atoms. The number of β-amino-alcohol motifs (C(OH)–C–C–N with tert-alkyl or cyclic N) is 1. The molecule has 1 aliphatic heterocycles. The van der Waals surface area contributed by atoms with Crippen molar-refractivity contribution >= 4 is 29.1 Å². The second kappa shape index (κ2) is 7.50. The molecule has 0 bridgehead atoms. The summed E-state index contributed by atoms with van der Waals surface area (Å²) in [6.07, 6.45) is -1.04. The highest BCUT2D eigenvalue weighted by Crippen LogP contribution is 2.31. The van der Waals surface area contributed by atoms with E-state index in [1.807, 2.05) is 11.4 Å². The van der Waals surface area contributed by atoms with E-state index in [2.05, 4.69) is 5.32 Å². The monoisotopic (exact) mass is 388 g/mol. The third-order valence-electron chi connectivity index (χ3n) is 4.39. The number of aliphatic hydroxyl groups excluding tert-OH is 1. The van der Waals surface area contributed by atoms with Crippen LogP contribution in [0, 0.1) is 0 Å². The van der Waals surface area contributed by atoms with Crippen molar-refractivity contribution < 1.29 is 24.2 Å². The number of hydrogen-bond donors (Lipinski definition) is 2. The lowest BCUT2D eigenvalue weighted by Gasteiger charge is -2.21. The van der Waals surface area contributed by atoms with E-state index in [9.17, 15) is 19.5 Å². The predicted octanol–water partition coefficient (Wildman–Crippen LogP) is 2.16. The fourth-order valence-corrected chi connectivity index (χ4v) is 3.67. The zero-order chi connectivity index (χ0) is 19.6. The quantitative estimate of drug-likeness (QED) is 0.560. The number of benzene rings is 1. The minimum Gasteiger partial charge on any atom is -0.491 e. The van der Waals surface area contributed by atoms with Crippen molar-refractivity contribution in [3.63, 3.8) is 0 Å². The molecule has 1 aromatic heterocycles. The number of rotatable bonds is 7. The Morgan fingerprint density at radius 3 is 2.59 bits per heavy atom. The molecule has 3 rings (SSSR count). The van der Waals surface area contributed by atoms with Crippen LogP contribution in [0.3, 0.4) is 0 Å². The molecule has 27 heavy (non-hydrogen) atoms. The van der Waals surface area contributed by atoms with Crippen LogP contribution < -0.4 is 10.1 Å². The van der Waals surface area contributed by atoms with Crippen LogP contribution in [0.15, 0.2) is 41.8 Å². The summed E-state index contributed by atoms with van der Waals surface area (Å²) in [6.45, 7) is 2.86. The number of Topliss-reactive ketones (excluding diaryl/α,β-unsaturated/α-hetero) is 1. The van der Waals surface area contributed by atoms with E-state index >= 15 is 0 Å². The molecule has 0 saturated carbocycles. The van der Waals surface area contributed by atoms with Crippen LogP contribution in [0.25, 0.3) is 0 Å². The van der Waals surface area contributed by atoms with Gasteiger partial charge in [0.15, 0.2) is 11.3 Å². The van der Waals surface area contributed by atoms with E-state index in [1.54, 1.807) is 37.3 Å². The first-order valence-electron chi connectivity index (χ1n) is 8.41. The number of hydrogen-bond acceptors (Lipinski definition) is 6. The standard InChI is InChI=1S/C19H20N2O5S/c1-12(22)13-5-7-15(8-6-13)26-11-14(23)10-21-17(24)19(2,20-18(21)25)16-4-3-9-27-16/h3-9,14,23H,10-11H2,1-2H3,(H,20,25)/t14-,19-/m0/s1. The summed E-state index contributed by atoms with van der Waals surface area (Å²) < 4.78 is 5.48. The van der Waals surface area contributed by atoms with Crippen LogP contribution >= 0.6 is 11.3 Å². The summed E-state index contributed by atoms with van der Waals surface area (Å²) in [6, 6.07) is 9.59. The number of nitrogens with zero attached hydrogens (tertiary/aromatic N) is 1. The van der Waals surface area contributed by atoms with Gasteiger partial charge in [-0.15, -0.1) is 11.3 Å². The van der Waals surface area contributed by atoms with E-state index in [-0.39, 0.29) is 18.9 Å². The third-order valence-corrected chi connectivity index (χ3v) is 5.48. The molecule has 2 heterocycles. The van der Waals surface area contributed by atoms with Crippen LogP contribution in [-0.2, 0) is 10.3 Å². The minimum absolute atomic E-state index is 0.0473. The molecule has 3 amide bonds. The normalized spacial score (nSPS) is 20.5. The number of carbonyl (C=O) groups excluding carboxylic acids is 3. The maximum Gasteiger partial charge on any atom is 0.325 e. The van der Waals surface area contributed by atoms with E-state index < -0.39 is 23.6 Å². The van der Waals surface area contributed by atoms with Gasteiger partial charge in [-0.05, 0) is 49.6 Å². The smallest absolute Gasteiger partial charge is 0.325 e. The van der Waals surface area contributed by atoms with Gasteiger partial charge in [-0.25, -0.2) is 4.79 Å². The second-order valence-corrected chi connectivity index (χ2v) is 7.44. The molecule has 142 valence electrons. The average Bonchev–Trinajstić information content (AvgIpc) is 3.25. The lowest BCUT2D eigenvalue weighted by atomic mass is 10.0. The Labute approximate surface area is 160 Å². The number of imide groups is 1. The van der Waals surface area contributed by atoms with Gasteiger partial charge in [-0.3, -0.25) is 14.5 Å². The maximum absolute atomic E-state index is 12.7. The van der Waals surface area contributed by atoms with Crippen molar-refractivity contribution in [3.8, 4) is 5.75 Å². The summed E-state index contributed by atoms with van der Waals surface area (Å²) in [5, 5.41) is 14.7. The molecular formula is C19H20N2O5S. The number of carbonyl (C=O) groups is 3. The molecule has 7 nitrogen and oxygen atoms in total. The van der Waals surface area contributed by atoms with Crippen molar-refractivity contribution in [2.75, 3.05) is 13.2 Å². The zero-order valence-corrected chi connectivity index (χ0v) is 15.8. The Morgan fingerprint density at radius 2 is 2.00 bits per heavy atom. The molecule has 1 saturated heterocycles. The molecule has 0 unspecified atom stereocenters. The largest absolute Gasteiger partial charge is 0.491 e. The Kier molecular flexibility index (Phi) is 5.29. The first-order chi connectivity index (χ1) is 12.8. The summed E-state index contributed by atoms with van der Waals surface area (Å²) in [7, 11) is 0. The van der Waals surface area contributed by atoms with E-state index in [4.69, 9.17) is 4.74 Å². The number of ether oxygens (including phenoxy) is 1. The first-order valence-corrected chi connectivity index (χ1v) is 9.29. The van der Waals surface area contributed by atoms with Gasteiger partial charge < -0.3 is 15.2 Å². The van der Waals surface area contributed by atoms with Crippen molar-refractivity contribution in [1.82, 2.24) is 10.2 Å². The molecule has 0 radical (unpaired) electrons. The number of thiophene rings is 1. The maximum atomic E-state index is 12.7. The fourth-order valence-electron chi connectivity index (χ4n) is 2.83. The number of ketones is 1.